The van der Waals surface area contributed by atoms with Crippen molar-refractivity contribution in [3.63, 3.8) is 0 Å². The normalized spacial score (nSPS) is 27.2. The summed E-state index contributed by atoms with van der Waals surface area (Å²) in [6.45, 7) is 6.34. The fourth-order valence-corrected chi connectivity index (χ4v) is 5.36. The number of aromatic nitrogens is 2. The van der Waals surface area contributed by atoms with E-state index in [0.717, 1.165) is 25.2 Å². The molecule has 8 heteroatoms. The van der Waals surface area contributed by atoms with Crippen molar-refractivity contribution in [2.24, 2.45) is 5.92 Å². The molecule has 2 aliphatic heterocycles. The van der Waals surface area contributed by atoms with Gasteiger partial charge in [-0.2, -0.15) is 5.10 Å². The summed E-state index contributed by atoms with van der Waals surface area (Å²) in [5.41, 5.74) is 0.779. The van der Waals surface area contributed by atoms with Crippen LogP contribution in [0.4, 0.5) is 5.82 Å². The lowest BCUT2D eigenvalue weighted by Crippen LogP contribution is -2.40. The molecule has 1 aromatic heterocycles. The number of amides is 1. The monoisotopic (exact) mass is 354 g/mol. The number of piperidine rings is 1. The van der Waals surface area contributed by atoms with Gasteiger partial charge in [0.15, 0.2) is 9.84 Å². The van der Waals surface area contributed by atoms with Crippen molar-refractivity contribution in [3.05, 3.63) is 11.8 Å². The van der Waals surface area contributed by atoms with E-state index in [-0.39, 0.29) is 23.5 Å². The van der Waals surface area contributed by atoms with E-state index in [1.807, 2.05) is 13.0 Å². The zero-order chi connectivity index (χ0) is 17.3. The zero-order valence-electron chi connectivity index (χ0n) is 14.4. The van der Waals surface area contributed by atoms with Gasteiger partial charge in [0, 0.05) is 12.6 Å². The molecule has 7 nitrogen and oxygen atoms in total. The van der Waals surface area contributed by atoms with Gasteiger partial charge in [-0.05, 0) is 38.6 Å². The van der Waals surface area contributed by atoms with Gasteiger partial charge in [0.25, 0.3) is 0 Å². The molecule has 134 valence electrons. The minimum atomic E-state index is -2.99. The number of carbonyl (C=O) groups is 1. The Bertz CT molecular complexity index is 713. The Kier molecular flexibility index (Phi) is 4.96. The molecule has 3 heterocycles. The second-order valence-corrected chi connectivity index (χ2v) is 9.43. The number of hydrogen-bond donors (Lipinski definition) is 1. The van der Waals surface area contributed by atoms with E-state index in [4.69, 9.17) is 0 Å². The molecule has 0 aromatic carbocycles. The fraction of sp³-hybridized carbons (Fsp3) is 0.750. The van der Waals surface area contributed by atoms with E-state index in [9.17, 15) is 13.2 Å². The Hall–Kier alpha value is -1.41. The average molecular weight is 354 g/mol. The maximum absolute atomic E-state index is 12.4. The average Bonchev–Trinajstić information content (AvgIpc) is 3.01. The highest BCUT2D eigenvalue weighted by atomic mass is 32.2. The summed E-state index contributed by atoms with van der Waals surface area (Å²) < 4.78 is 25.1. The van der Waals surface area contributed by atoms with E-state index in [0.29, 0.717) is 24.7 Å². The summed E-state index contributed by atoms with van der Waals surface area (Å²) in [4.78, 5) is 14.6. The summed E-state index contributed by atoms with van der Waals surface area (Å²) in [5.74, 6) is 1.45. The van der Waals surface area contributed by atoms with Gasteiger partial charge in [0.05, 0.1) is 29.8 Å². The maximum atomic E-state index is 12.4. The molecule has 0 unspecified atom stereocenters. The van der Waals surface area contributed by atoms with E-state index in [1.54, 1.807) is 4.68 Å². The molecule has 0 aliphatic carbocycles. The standard InChI is InChI=1S/C16H26N4O3S/c1-12-4-3-6-19(9-12)10-16(21)17-15-8-13(2)18-20(15)14-5-7-24(22,23)11-14/h8,12,14H,3-7,9-11H2,1-2H3,(H,17,21)/t12-,14+/m1/s1. The Morgan fingerprint density at radius 1 is 1.42 bits per heavy atom. The third-order valence-corrected chi connectivity index (χ3v) is 6.54. The number of anilines is 1. The van der Waals surface area contributed by atoms with E-state index >= 15 is 0 Å². The van der Waals surface area contributed by atoms with Gasteiger partial charge in [-0.1, -0.05) is 6.92 Å². The molecule has 3 rings (SSSR count). The van der Waals surface area contributed by atoms with Crippen LogP contribution in [0.2, 0.25) is 0 Å². The van der Waals surface area contributed by atoms with Crippen LogP contribution in [0.3, 0.4) is 0 Å². The van der Waals surface area contributed by atoms with E-state index < -0.39 is 9.84 Å². The minimum Gasteiger partial charge on any atom is -0.310 e. The number of carbonyl (C=O) groups excluding carboxylic acids is 1. The lowest BCUT2D eigenvalue weighted by molar-refractivity contribution is -0.117. The second-order valence-electron chi connectivity index (χ2n) is 7.20. The van der Waals surface area contributed by atoms with Gasteiger partial charge in [-0.3, -0.25) is 9.69 Å². The number of aryl methyl sites for hydroxylation is 1. The van der Waals surface area contributed by atoms with Crippen molar-refractivity contribution in [2.45, 2.75) is 39.2 Å². The van der Waals surface area contributed by atoms with Crippen molar-refractivity contribution in [1.82, 2.24) is 14.7 Å². The molecule has 2 aliphatic rings. The van der Waals surface area contributed by atoms with Crippen molar-refractivity contribution in [2.75, 3.05) is 36.5 Å². The topological polar surface area (TPSA) is 84.3 Å². The molecule has 24 heavy (non-hydrogen) atoms. The Labute approximate surface area is 143 Å². The number of hydrogen-bond acceptors (Lipinski definition) is 5. The maximum Gasteiger partial charge on any atom is 0.239 e. The highest BCUT2D eigenvalue weighted by Crippen LogP contribution is 2.27. The van der Waals surface area contributed by atoms with Crippen molar-refractivity contribution >= 4 is 21.6 Å². The molecule has 0 radical (unpaired) electrons. The van der Waals surface area contributed by atoms with Gasteiger partial charge in [-0.25, -0.2) is 13.1 Å². The van der Waals surface area contributed by atoms with Crippen LogP contribution in [-0.4, -0.2) is 60.1 Å². The third kappa shape index (κ3) is 4.16. The van der Waals surface area contributed by atoms with Crippen LogP contribution in [-0.2, 0) is 14.6 Å². The summed E-state index contributed by atoms with van der Waals surface area (Å²) in [7, 11) is -2.99. The molecule has 1 amide bonds. The van der Waals surface area contributed by atoms with Crippen molar-refractivity contribution < 1.29 is 13.2 Å². The number of likely N-dealkylation sites (tertiary alicyclic amines) is 1. The minimum absolute atomic E-state index is 0.0638. The number of nitrogens with one attached hydrogen (secondary N) is 1. The summed E-state index contributed by atoms with van der Waals surface area (Å²) in [6, 6.07) is 1.62. The third-order valence-electron chi connectivity index (χ3n) is 4.79. The van der Waals surface area contributed by atoms with Gasteiger partial charge in [0.2, 0.25) is 5.91 Å². The Balaban J connectivity index is 1.65. The highest BCUT2D eigenvalue weighted by molar-refractivity contribution is 7.91. The summed E-state index contributed by atoms with van der Waals surface area (Å²) in [6.07, 6.45) is 2.90. The first-order valence-corrected chi connectivity index (χ1v) is 10.4. The number of sulfone groups is 1. The van der Waals surface area contributed by atoms with E-state index in [1.165, 1.54) is 6.42 Å². The van der Waals surface area contributed by atoms with Crippen molar-refractivity contribution in [1.29, 1.82) is 0 Å². The number of rotatable bonds is 4. The quantitative estimate of drug-likeness (QED) is 0.879. The Morgan fingerprint density at radius 2 is 2.21 bits per heavy atom. The van der Waals surface area contributed by atoms with Crippen LogP contribution >= 0.6 is 0 Å². The first-order chi connectivity index (χ1) is 11.3. The SMILES string of the molecule is Cc1cc(NC(=O)CN2CCC[C@@H](C)C2)n([C@H]2CCS(=O)(=O)C2)n1. The largest absolute Gasteiger partial charge is 0.310 e. The van der Waals surface area contributed by atoms with Crippen molar-refractivity contribution in [3.8, 4) is 0 Å². The smallest absolute Gasteiger partial charge is 0.239 e. The molecular formula is C16H26N4O3S. The lowest BCUT2D eigenvalue weighted by atomic mass is 10.0. The van der Waals surface area contributed by atoms with Gasteiger partial charge in [-0.15, -0.1) is 0 Å². The molecule has 1 N–H and O–H groups in total. The molecule has 0 saturated carbocycles. The zero-order valence-corrected chi connectivity index (χ0v) is 15.2. The van der Waals surface area contributed by atoms with Crippen LogP contribution in [0.25, 0.3) is 0 Å². The fourth-order valence-electron chi connectivity index (χ4n) is 3.67. The second kappa shape index (κ2) is 6.84. The molecule has 2 saturated heterocycles. The molecule has 0 spiro atoms. The molecule has 0 bridgehead atoms. The molecule has 2 atom stereocenters. The molecule has 2 fully saturated rings. The van der Waals surface area contributed by atoms with Crippen LogP contribution in [0, 0.1) is 12.8 Å². The first-order valence-electron chi connectivity index (χ1n) is 8.61. The predicted octanol–water partition coefficient (Wildman–Crippen LogP) is 1.22. The molecule has 1 aromatic rings. The predicted molar refractivity (Wildman–Crippen MR) is 92.7 cm³/mol. The first kappa shape index (κ1) is 17.4. The summed E-state index contributed by atoms with van der Waals surface area (Å²) in [5, 5.41) is 7.32. The van der Waals surface area contributed by atoms with E-state index in [2.05, 4.69) is 22.2 Å². The van der Waals surface area contributed by atoms with Gasteiger partial charge < -0.3 is 5.32 Å². The van der Waals surface area contributed by atoms with Crippen LogP contribution in [0.15, 0.2) is 6.07 Å². The Morgan fingerprint density at radius 3 is 2.88 bits per heavy atom. The van der Waals surface area contributed by atoms with Crippen LogP contribution in [0.1, 0.15) is 37.9 Å². The molecular weight excluding hydrogens is 328 g/mol. The van der Waals surface area contributed by atoms with Gasteiger partial charge in [0.1, 0.15) is 5.82 Å². The highest BCUT2D eigenvalue weighted by Gasteiger charge is 2.31. The number of nitrogens with zero attached hydrogens (tertiary/aromatic N) is 3. The van der Waals surface area contributed by atoms with Gasteiger partial charge >= 0.3 is 0 Å². The van der Waals surface area contributed by atoms with Crippen LogP contribution in [0.5, 0.6) is 0 Å². The van der Waals surface area contributed by atoms with Crippen LogP contribution < -0.4 is 5.32 Å². The summed E-state index contributed by atoms with van der Waals surface area (Å²) >= 11 is 0. The lowest BCUT2D eigenvalue weighted by Gasteiger charge is -2.30.